The van der Waals surface area contributed by atoms with Crippen molar-refractivity contribution in [3.05, 3.63) is 24.3 Å². The number of carbonyl (C=O) groups is 1. The van der Waals surface area contributed by atoms with Gasteiger partial charge in [-0.15, -0.1) is 0 Å². The second-order valence-electron chi connectivity index (χ2n) is 5.70. The molecule has 0 unspecified atom stereocenters. The molecule has 100 valence electrons. The highest BCUT2D eigenvalue weighted by atomic mass is 19.1. The first-order valence-electron chi connectivity index (χ1n) is 6.56. The fourth-order valence-electron chi connectivity index (χ4n) is 3.97. The van der Waals surface area contributed by atoms with Crippen LogP contribution in [0.2, 0.25) is 0 Å². The zero-order valence-electron chi connectivity index (χ0n) is 10.1. The van der Waals surface area contributed by atoms with E-state index >= 15 is 0 Å². The molecule has 4 bridgehead atoms. The number of aromatic hydroxyl groups is 1. The first-order chi connectivity index (χ1) is 9.15. The molecule has 1 aromatic carbocycles. The van der Waals surface area contributed by atoms with Crippen molar-refractivity contribution in [1.82, 2.24) is 0 Å². The van der Waals surface area contributed by atoms with Gasteiger partial charge in [0.25, 0.3) is 0 Å². The number of phenolic OH excluding ortho intramolecular Hbond substituents is 1. The zero-order valence-corrected chi connectivity index (χ0v) is 10.1. The van der Waals surface area contributed by atoms with E-state index in [9.17, 15) is 9.18 Å². The molecule has 0 heterocycles. The molecule has 4 saturated carbocycles. The summed E-state index contributed by atoms with van der Waals surface area (Å²) in [5.74, 6) is 0.899. The third kappa shape index (κ3) is 1.54. The predicted molar refractivity (Wildman–Crippen MR) is 65.5 cm³/mol. The van der Waals surface area contributed by atoms with Crippen molar-refractivity contribution in [3.8, 4) is 5.75 Å². The molecular formula is C14H14FNO3. The fraction of sp³-hybridized carbons (Fsp3) is 0.500. The van der Waals surface area contributed by atoms with Crippen LogP contribution in [0.3, 0.4) is 0 Å². The SMILES string of the molecule is O=C(Nc1ccc(O)cc1)O[C@H]1[C@H]2C[C@@H]3[C@@H]([C@@H]2F)[C@H]31. The van der Waals surface area contributed by atoms with Crippen LogP contribution in [-0.4, -0.2) is 23.5 Å². The lowest BCUT2D eigenvalue weighted by Gasteiger charge is -2.17. The van der Waals surface area contributed by atoms with Gasteiger partial charge in [-0.2, -0.15) is 0 Å². The van der Waals surface area contributed by atoms with Crippen LogP contribution in [0.4, 0.5) is 14.9 Å². The van der Waals surface area contributed by atoms with Gasteiger partial charge in [0.1, 0.15) is 18.0 Å². The summed E-state index contributed by atoms with van der Waals surface area (Å²) in [4.78, 5) is 11.8. The van der Waals surface area contributed by atoms with Crippen LogP contribution < -0.4 is 5.32 Å². The number of halogens is 1. The number of phenols is 1. The number of benzene rings is 1. The van der Waals surface area contributed by atoms with Gasteiger partial charge in [0, 0.05) is 23.4 Å². The van der Waals surface area contributed by atoms with Crippen LogP contribution in [0.5, 0.6) is 5.75 Å². The summed E-state index contributed by atoms with van der Waals surface area (Å²) in [5, 5.41) is 11.7. The van der Waals surface area contributed by atoms with Gasteiger partial charge in [-0.05, 0) is 36.6 Å². The molecule has 19 heavy (non-hydrogen) atoms. The van der Waals surface area contributed by atoms with Gasteiger partial charge in [0.05, 0.1) is 0 Å². The number of hydrogen-bond acceptors (Lipinski definition) is 3. The van der Waals surface area contributed by atoms with E-state index in [1.54, 1.807) is 12.1 Å². The molecule has 0 radical (unpaired) electrons. The average Bonchev–Trinajstić information content (AvgIpc) is 2.70. The molecule has 5 heteroatoms. The fourth-order valence-corrected chi connectivity index (χ4v) is 3.97. The number of hydrogen-bond donors (Lipinski definition) is 2. The monoisotopic (exact) mass is 263 g/mol. The van der Waals surface area contributed by atoms with E-state index in [1.165, 1.54) is 12.1 Å². The number of rotatable bonds is 2. The standard InChI is InChI=1S/C14H14FNO3/c15-12-9-5-8-10(12)11(8)13(9)19-14(18)16-6-1-3-7(17)4-2-6/h1-4,8-13,17H,5H2,(H,16,18)/t8-,9+,10-,11+,12-,13+/m1/s1. The molecule has 4 aliphatic carbocycles. The molecule has 0 aromatic heterocycles. The Bertz CT molecular complexity index is 532. The number of alkyl halides is 1. The highest BCUT2D eigenvalue weighted by molar-refractivity contribution is 5.84. The molecule has 4 aliphatic rings. The van der Waals surface area contributed by atoms with Crippen LogP contribution in [-0.2, 0) is 4.74 Å². The zero-order chi connectivity index (χ0) is 13.1. The van der Waals surface area contributed by atoms with Crippen molar-refractivity contribution in [2.75, 3.05) is 5.32 Å². The van der Waals surface area contributed by atoms with Crippen LogP contribution >= 0.6 is 0 Å². The summed E-state index contributed by atoms with van der Waals surface area (Å²) >= 11 is 0. The molecule has 6 atom stereocenters. The van der Waals surface area contributed by atoms with Gasteiger partial charge in [-0.25, -0.2) is 9.18 Å². The second kappa shape index (κ2) is 3.62. The molecule has 1 amide bonds. The van der Waals surface area contributed by atoms with Crippen molar-refractivity contribution >= 4 is 11.8 Å². The summed E-state index contributed by atoms with van der Waals surface area (Å²) in [7, 11) is 0. The van der Waals surface area contributed by atoms with Gasteiger partial charge < -0.3 is 9.84 Å². The molecule has 1 aromatic rings. The van der Waals surface area contributed by atoms with E-state index in [1.807, 2.05) is 0 Å². The van der Waals surface area contributed by atoms with Gasteiger partial charge in [0.15, 0.2) is 0 Å². The Labute approximate surface area is 109 Å². The molecule has 0 spiro atoms. The van der Waals surface area contributed by atoms with Crippen molar-refractivity contribution in [2.24, 2.45) is 23.7 Å². The Morgan fingerprint density at radius 1 is 1.26 bits per heavy atom. The molecule has 0 aliphatic heterocycles. The molecule has 5 rings (SSSR count). The van der Waals surface area contributed by atoms with Crippen molar-refractivity contribution in [3.63, 3.8) is 0 Å². The minimum Gasteiger partial charge on any atom is -0.508 e. The van der Waals surface area contributed by atoms with Gasteiger partial charge >= 0.3 is 6.09 Å². The summed E-state index contributed by atoms with van der Waals surface area (Å²) in [6, 6.07) is 6.14. The van der Waals surface area contributed by atoms with E-state index < -0.39 is 12.3 Å². The number of amides is 1. The quantitative estimate of drug-likeness (QED) is 0.806. The number of ether oxygens (including phenoxy) is 1. The smallest absolute Gasteiger partial charge is 0.411 e. The maximum absolute atomic E-state index is 13.7. The lowest BCUT2D eigenvalue weighted by atomic mass is 10.1. The molecule has 4 nitrogen and oxygen atoms in total. The number of anilines is 1. The third-order valence-corrected chi connectivity index (χ3v) is 4.77. The minimum atomic E-state index is -0.776. The highest BCUT2D eigenvalue weighted by Crippen LogP contribution is 2.72. The van der Waals surface area contributed by atoms with Gasteiger partial charge in [0.2, 0.25) is 0 Å². The van der Waals surface area contributed by atoms with E-state index in [0.29, 0.717) is 11.6 Å². The van der Waals surface area contributed by atoms with Crippen LogP contribution in [0.25, 0.3) is 0 Å². The van der Waals surface area contributed by atoms with E-state index in [0.717, 1.165) is 6.42 Å². The normalized spacial score (nSPS) is 41.1. The predicted octanol–water partition coefficient (Wildman–Crippen LogP) is 2.54. The Kier molecular flexibility index (Phi) is 2.11. The lowest BCUT2D eigenvalue weighted by molar-refractivity contribution is 0.0752. The maximum atomic E-state index is 13.7. The molecule has 4 fully saturated rings. The van der Waals surface area contributed by atoms with E-state index in [4.69, 9.17) is 9.84 Å². The van der Waals surface area contributed by atoms with E-state index in [2.05, 4.69) is 5.32 Å². The Morgan fingerprint density at radius 2 is 2.00 bits per heavy atom. The maximum Gasteiger partial charge on any atom is 0.411 e. The molecule has 0 saturated heterocycles. The number of nitrogens with one attached hydrogen (secondary N) is 1. The lowest BCUT2D eigenvalue weighted by Crippen LogP contribution is -2.27. The summed E-state index contributed by atoms with van der Waals surface area (Å²) in [6.07, 6.45) is -0.696. The average molecular weight is 263 g/mol. The molecule has 2 N–H and O–H groups in total. The van der Waals surface area contributed by atoms with Crippen LogP contribution in [0, 0.1) is 23.7 Å². The Balaban J connectivity index is 1.39. The van der Waals surface area contributed by atoms with Gasteiger partial charge in [-0.3, -0.25) is 5.32 Å². The van der Waals surface area contributed by atoms with E-state index in [-0.39, 0.29) is 29.6 Å². The molecular weight excluding hydrogens is 249 g/mol. The Hall–Kier alpha value is -1.78. The largest absolute Gasteiger partial charge is 0.508 e. The van der Waals surface area contributed by atoms with Crippen molar-refractivity contribution in [2.45, 2.75) is 18.7 Å². The Morgan fingerprint density at radius 3 is 2.53 bits per heavy atom. The number of carbonyl (C=O) groups excluding carboxylic acids is 1. The van der Waals surface area contributed by atoms with Crippen LogP contribution in [0.1, 0.15) is 6.42 Å². The van der Waals surface area contributed by atoms with Crippen molar-refractivity contribution in [1.29, 1.82) is 0 Å². The van der Waals surface area contributed by atoms with Crippen LogP contribution in [0.15, 0.2) is 24.3 Å². The summed E-state index contributed by atoms with van der Waals surface area (Å²) in [6.45, 7) is 0. The first-order valence-corrected chi connectivity index (χ1v) is 6.56. The second-order valence-corrected chi connectivity index (χ2v) is 5.70. The van der Waals surface area contributed by atoms with Gasteiger partial charge in [-0.1, -0.05) is 0 Å². The first kappa shape index (κ1) is 11.1. The summed E-state index contributed by atoms with van der Waals surface area (Å²) < 4.78 is 19.1. The minimum absolute atomic E-state index is 0.0921. The van der Waals surface area contributed by atoms with Crippen molar-refractivity contribution < 1.29 is 19.0 Å². The highest BCUT2D eigenvalue weighted by Gasteiger charge is 2.75. The topological polar surface area (TPSA) is 58.6 Å². The third-order valence-electron chi connectivity index (χ3n) is 4.77. The summed E-state index contributed by atoms with van der Waals surface area (Å²) in [5.41, 5.74) is 0.553.